The third kappa shape index (κ3) is 4.75. The van der Waals surface area contributed by atoms with E-state index >= 15 is 0 Å². The first kappa shape index (κ1) is 15.9. The summed E-state index contributed by atoms with van der Waals surface area (Å²) >= 11 is 0. The molecular formula is C13H21ClN2O. The van der Waals surface area contributed by atoms with Gasteiger partial charge in [-0.15, -0.1) is 12.4 Å². The third-order valence-corrected chi connectivity index (χ3v) is 2.49. The lowest BCUT2D eigenvalue weighted by molar-refractivity contribution is -0.134. The predicted octanol–water partition coefficient (Wildman–Crippen LogP) is 2.19. The zero-order chi connectivity index (χ0) is 12.1. The Morgan fingerprint density at radius 1 is 1.24 bits per heavy atom. The topological polar surface area (TPSA) is 46.3 Å². The van der Waals surface area contributed by atoms with Crippen molar-refractivity contribution in [2.75, 3.05) is 0 Å². The van der Waals surface area contributed by atoms with E-state index in [1.54, 1.807) is 11.8 Å². The largest absolute Gasteiger partial charge is 0.335 e. The minimum absolute atomic E-state index is 0. The molecule has 1 rings (SSSR count). The number of rotatable bonds is 4. The molecule has 4 heteroatoms. The lowest BCUT2D eigenvalue weighted by atomic mass is 10.1. The molecule has 0 aliphatic carbocycles. The molecular weight excluding hydrogens is 236 g/mol. The minimum atomic E-state index is -0.439. The smallest absolute Gasteiger partial charge is 0.239 e. The van der Waals surface area contributed by atoms with Crippen molar-refractivity contribution in [2.24, 2.45) is 5.73 Å². The summed E-state index contributed by atoms with van der Waals surface area (Å²) in [6, 6.07) is 9.68. The van der Waals surface area contributed by atoms with Crippen LogP contribution >= 0.6 is 12.4 Å². The van der Waals surface area contributed by atoms with Crippen LogP contribution in [0.5, 0.6) is 0 Å². The monoisotopic (exact) mass is 256 g/mol. The van der Waals surface area contributed by atoms with Crippen LogP contribution in [-0.4, -0.2) is 22.9 Å². The second-order valence-electron chi connectivity index (χ2n) is 4.33. The lowest BCUT2D eigenvalue weighted by Crippen LogP contribution is -2.45. The van der Waals surface area contributed by atoms with Crippen LogP contribution in [-0.2, 0) is 11.3 Å². The Hall–Kier alpha value is -1.06. The van der Waals surface area contributed by atoms with E-state index in [1.807, 2.05) is 44.2 Å². The molecule has 0 radical (unpaired) electrons. The van der Waals surface area contributed by atoms with E-state index in [4.69, 9.17) is 5.73 Å². The van der Waals surface area contributed by atoms with E-state index in [0.29, 0.717) is 6.54 Å². The number of hydrogen-bond acceptors (Lipinski definition) is 2. The number of carbonyl (C=O) groups is 1. The van der Waals surface area contributed by atoms with Gasteiger partial charge < -0.3 is 10.6 Å². The molecule has 0 saturated heterocycles. The van der Waals surface area contributed by atoms with E-state index < -0.39 is 6.04 Å². The molecule has 1 amide bonds. The first-order chi connectivity index (χ1) is 7.52. The van der Waals surface area contributed by atoms with Gasteiger partial charge in [0.25, 0.3) is 0 Å². The highest BCUT2D eigenvalue weighted by Gasteiger charge is 2.20. The Morgan fingerprint density at radius 3 is 2.18 bits per heavy atom. The Bertz CT molecular complexity index is 339. The molecule has 3 nitrogen and oxygen atoms in total. The van der Waals surface area contributed by atoms with Gasteiger partial charge in [-0.1, -0.05) is 30.3 Å². The molecule has 0 fully saturated rings. The van der Waals surface area contributed by atoms with E-state index in [-0.39, 0.29) is 24.4 Å². The van der Waals surface area contributed by atoms with Crippen LogP contribution in [0.15, 0.2) is 30.3 Å². The van der Waals surface area contributed by atoms with Crippen LogP contribution in [0, 0.1) is 0 Å². The maximum absolute atomic E-state index is 11.9. The summed E-state index contributed by atoms with van der Waals surface area (Å²) in [6.45, 7) is 6.36. The average molecular weight is 257 g/mol. The van der Waals surface area contributed by atoms with Gasteiger partial charge >= 0.3 is 0 Å². The Labute approximate surface area is 109 Å². The van der Waals surface area contributed by atoms with Gasteiger partial charge in [0.2, 0.25) is 5.91 Å². The van der Waals surface area contributed by atoms with Gasteiger partial charge in [-0.2, -0.15) is 0 Å². The van der Waals surface area contributed by atoms with E-state index in [2.05, 4.69) is 0 Å². The standard InChI is InChI=1S/C13H20N2O.ClH/c1-10(2)15(13(16)11(3)14)9-12-7-5-4-6-8-12;/h4-8,10-11H,9,14H2,1-3H3;1H. The van der Waals surface area contributed by atoms with Crippen molar-refractivity contribution in [1.29, 1.82) is 0 Å². The van der Waals surface area contributed by atoms with Crippen LogP contribution in [0.3, 0.4) is 0 Å². The van der Waals surface area contributed by atoms with Crippen LogP contribution < -0.4 is 5.73 Å². The second kappa shape index (κ2) is 7.30. The number of nitrogens with two attached hydrogens (primary N) is 1. The van der Waals surface area contributed by atoms with Crippen LogP contribution in [0.25, 0.3) is 0 Å². The fourth-order valence-electron chi connectivity index (χ4n) is 1.56. The summed E-state index contributed by atoms with van der Waals surface area (Å²) < 4.78 is 0. The Morgan fingerprint density at radius 2 is 1.76 bits per heavy atom. The molecule has 0 aliphatic heterocycles. The number of amides is 1. The zero-order valence-electron chi connectivity index (χ0n) is 10.6. The molecule has 96 valence electrons. The molecule has 0 heterocycles. The molecule has 0 aliphatic rings. The van der Waals surface area contributed by atoms with Crippen LogP contribution in [0.2, 0.25) is 0 Å². The number of nitrogens with zero attached hydrogens (tertiary/aromatic N) is 1. The highest BCUT2D eigenvalue weighted by molar-refractivity contribution is 5.85. The van der Waals surface area contributed by atoms with E-state index in [0.717, 1.165) is 5.56 Å². The minimum Gasteiger partial charge on any atom is -0.335 e. The predicted molar refractivity (Wildman–Crippen MR) is 73.0 cm³/mol. The summed E-state index contributed by atoms with van der Waals surface area (Å²) in [5.41, 5.74) is 6.77. The van der Waals surface area contributed by atoms with Crippen molar-refractivity contribution in [3.05, 3.63) is 35.9 Å². The van der Waals surface area contributed by atoms with E-state index in [1.165, 1.54) is 0 Å². The van der Waals surface area contributed by atoms with Crippen LogP contribution in [0.4, 0.5) is 0 Å². The van der Waals surface area contributed by atoms with Crippen molar-refractivity contribution in [3.8, 4) is 0 Å². The summed E-state index contributed by atoms with van der Waals surface area (Å²) in [6.07, 6.45) is 0. The average Bonchev–Trinajstić information content (AvgIpc) is 2.26. The summed E-state index contributed by atoms with van der Waals surface area (Å²) in [7, 11) is 0. The number of halogens is 1. The molecule has 17 heavy (non-hydrogen) atoms. The molecule has 1 aromatic carbocycles. The quantitative estimate of drug-likeness (QED) is 0.898. The highest BCUT2D eigenvalue weighted by Crippen LogP contribution is 2.09. The Kier molecular flexibility index (Phi) is 6.85. The first-order valence-corrected chi connectivity index (χ1v) is 5.62. The molecule has 0 spiro atoms. The maximum atomic E-state index is 11.9. The first-order valence-electron chi connectivity index (χ1n) is 5.62. The lowest BCUT2D eigenvalue weighted by Gasteiger charge is -2.28. The summed E-state index contributed by atoms with van der Waals surface area (Å²) in [4.78, 5) is 13.7. The Balaban J connectivity index is 0.00000256. The van der Waals surface area contributed by atoms with Gasteiger partial charge in [0.05, 0.1) is 6.04 Å². The zero-order valence-corrected chi connectivity index (χ0v) is 11.4. The van der Waals surface area contributed by atoms with Crippen molar-refractivity contribution in [2.45, 2.75) is 39.4 Å². The van der Waals surface area contributed by atoms with Gasteiger partial charge in [0.1, 0.15) is 0 Å². The van der Waals surface area contributed by atoms with Crippen LogP contribution in [0.1, 0.15) is 26.3 Å². The maximum Gasteiger partial charge on any atom is 0.239 e. The normalized spacial score (nSPS) is 11.8. The fourth-order valence-corrected chi connectivity index (χ4v) is 1.56. The van der Waals surface area contributed by atoms with Gasteiger partial charge in [0.15, 0.2) is 0 Å². The van der Waals surface area contributed by atoms with E-state index in [9.17, 15) is 4.79 Å². The van der Waals surface area contributed by atoms with Gasteiger partial charge in [0, 0.05) is 12.6 Å². The second-order valence-corrected chi connectivity index (χ2v) is 4.33. The molecule has 1 atom stereocenters. The molecule has 1 aromatic rings. The molecule has 2 N–H and O–H groups in total. The molecule has 0 aromatic heterocycles. The number of hydrogen-bond donors (Lipinski definition) is 1. The van der Waals surface area contributed by atoms with Crippen molar-refractivity contribution >= 4 is 18.3 Å². The molecule has 0 saturated carbocycles. The highest BCUT2D eigenvalue weighted by atomic mass is 35.5. The SMILES string of the molecule is CC(N)C(=O)N(Cc1ccccc1)C(C)C.Cl. The van der Waals surface area contributed by atoms with Gasteiger partial charge in [-0.05, 0) is 26.3 Å². The van der Waals surface area contributed by atoms with Gasteiger partial charge in [-0.25, -0.2) is 0 Å². The van der Waals surface area contributed by atoms with Crippen molar-refractivity contribution in [1.82, 2.24) is 4.90 Å². The summed E-state index contributed by atoms with van der Waals surface area (Å²) in [5.74, 6) is -0.00106. The van der Waals surface area contributed by atoms with Crippen molar-refractivity contribution < 1.29 is 4.79 Å². The molecule has 1 unspecified atom stereocenters. The number of benzene rings is 1. The molecule has 0 bridgehead atoms. The summed E-state index contributed by atoms with van der Waals surface area (Å²) in [5, 5.41) is 0. The fraction of sp³-hybridized carbons (Fsp3) is 0.462. The van der Waals surface area contributed by atoms with Crippen molar-refractivity contribution in [3.63, 3.8) is 0 Å². The van der Waals surface area contributed by atoms with Gasteiger partial charge in [-0.3, -0.25) is 4.79 Å². The number of carbonyl (C=O) groups excluding carboxylic acids is 1. The third-order valence-electron chi connectivity index (χ3n) is 2.49.